The number of nitrogens with one attached hydrogen (secondary N) is 3. The highest BCUT2D eigenvalue weighted by Crippen LogP contribution is 2.22. The molecule has 12 heteroatoms. The third-order valence-corrected chi connectivity index (χ3v) is 5.23. The molecule has 0 saturated carbocycles. The molecule has 3 aromatic rings. The molecule has 0 saturated heterocycles. The molecule has 0 bridgehead atoms. The van der Waals surface area contributed by atoms with Crippen LogP contribution in [-0.4, -0.2) is 47.1 Å². The normalized spacial score (nSPS) is 11.2. The van der Waals surface area contributed by atoms with Crippen molar-refractivity contribution in [2.24, 2.45) is 5.92 Å². The summed E-state index contributed by atoms with van der Waals surface area (Å²) >= 11 is 0. The maximum Gasteiger partial charge on any atom is 0.549 e. The Labute approximate surface area is 217 Å². The van der Waals surface area contributed by atoms with E-state index in [2.05, 4.69) is 35.1 Å². The van der Waals surface area contributed by atoms with Crippen LogP contribution in [0.3, 0.4) is 0 Å². The first-order valence-electron chi connectivity index (χ1n) is 11.6. The van der Waals surface area contributed by atoms with Crippen molar-refractivity contribution in [3.8, 4) is 0 Å². The number of ether oxygens (including phenoxy) is 1. The summed E-state index contributed by atoms with van der Waals surface area (Å²) in [5.74, 6) is -3.68. The van der Waals surface area contributed by atoms with E-state index in [9.17, 15) is 24.0 Å². The molecule has 1 aromatic heterocycles. The van der Waals surface area contributed by atoms with E-state index in [0.717, 1.165) is 17.3 Å². The number of carbonyl (C=O) groups is 4. The van der Waals surface area contributed by atoms with Gasteiger partial charge in [-0.3, -0.25) is 14.4 Å². The summed E-state index contributed by atoms with van der Waals surface area (Å²) < 4.78 is 4.45. The van der Waals surface area contributed by atoms with Gasteiger partial charge in [-0.2, -0.15) is 4.79 Å². The second-order valence-corrected chi connectivity index (χ2v) is 7.98. The second kappa shape index (κ2) is 13.3. The molecule has 198 valence electrons. The van der Waals surface area contributed by atoms with Gasteiger partial charge >= 0.3 is 12.1 Å². The smallest absolute Gasteiger partial charge is 0.432 e. The molecule has 0 aliphatic rings. The third-order valence-electron chi connectivity index (χ3n) is 5.23. The van der Waals surface area contributed by atoms with E-state index >= 15 is 0 Å². The number of amides is 2. The summed E-state index contributed by atoms with van der Waals surface area (Å²) in [6.45, 7) is 2.78. The first-order chi connectivity index (χ1) is 18.3. The van der Waals surface area contributed by atoms with Crippen LogP contribution in [0.1, 0.15) is 52.0 Å². The van der Waals surface area contributed by atoms with Crippen LogP contribution < -0.4 is 16.2 Å². The van der Waals surface area contributed by atoms with Gasteiger partial charge in [-0.05, 0) is 18.1 Å². The van der Waals surface area contributed by atoms with Gasteiger partial charge in [-0.15, -0.1) is 0 Å². The highest BCUT2D eigenvalue weighted by molar-refractivity contribution is 5.95. The highest BCUT2D eigenvalue weighted by atomic mass is 17.2. The van der Waals surface area contributed by atoms with Crippen molar-refractivity contribution in [2.45, 2.75) is 19.9 Å². The van der Waals surface area contributed by atoms with E-state index in [-0.39, 0.29) is 24.5 Å². The number of H-pyrrole nitrogens is 1. The molecule has 0 aliphatic carbocycles. The molecule has 3 rings (SSSR count). The predicted molar refractivity (Wildman–Crippen MR) is 133 cm³/mol. The van der Waals surface area contributed by atoms with E-state index in [1.165, 1.54) is 6.92 Å². The molecule has 1 unspecified atom stereocenters. The molecule has 2 amide bonds. The number of aromatic nitrogens is 2. The average molecular weight is 523 g/mol. The molecule has 0 spiro atoms. The van der Waals surface area contributed by atoms with Gasteiger partial charge in [-0.1, -0.05) is 67.6 Å². The van der Waals surface area contributed by atoms with Gasteiger partial charge in [-0.25, -0.2) is 19.6 Å². The SMILES string of the molecule is CCOC(=O)OOC(=O)C(C)CNC(=O)c1ncc(C(=O)NC(c2ccccc2)c2ccccc2)c(=O)[nH]1. The zero-order valence-electron chi connectivity index (χ0n) is 20.6. The first-order valence-corrected chi connectivity index (χ1v) is 11.6. The number of aromatic amines is 1. The lowest BCUT2D eigenvalue weighted by atomic mass is 9.98. The molecule has 1 atom stereocenters. The lowest BCUT2D eigenvalue weighted by Gasteiger charge is -2.19. The van der Waals surface area contributed by atoms with E-state index in [0.29, 0.717) is 0 Å². The molecule has 2 aromatic carbocycles. The molecule has 12 nitrogen and oxygen atoms in total. The van der Waals surface area contributed by atoms with Gasteiger partial charge in [0.25, 0.3) is 17.4 Å². The Kier molecular flexibility index (Phi) is 9.69. The Morgan fingerprint density at radius 1 is 0.921 bits per heavy atom. The zero-order chi connectivity index (χ0) is 27.5. The number of benzene rings is 2. The Morgan fingerprint density at radius 2 is 1.53 bits per heavy atom. The topological polar surface area (TPSA) is 166 Å². The van der Waals surface area contributed by atoms with Gasteiger partial charge < -0.3 is 20.4 Å². The van der Waals surface area contributed by atoms with Gasteiger partial charge in [0.2, 0.25) is 0 Å². The molecule has 1 heterocycles. The van der Waals surface area contributed by atoms with Crippen molar-refractivity contribution in [2.75, 3.05) is 13.2 Å². The van der Waals surface area contributed by atoms with Crippen LogP contribution in [0, 0.1) is 5.92 Å². The monoisotopic (exact) mass is 522 g/mol. The fraction of sp³-hybridized carbons (Fsp3) is 0.231. The van der Waals surface area contributed by atoms with Crippen molar-refractivity contribution in [3.63, 3.8) is 0 Å². The Hall–Kier alpha value is -5.00. The van der Waals surface area contributed by atoms with Gasteiger partial charge in [0.05, 0.1) is 18.6 Å². The van der Waals surface area contributed by atoms with E-state index in [1.54, 1.807) is 6.92 Å². The van der Waals surface area contributed by atoms with Crippen molar-refractivity contribution in [1.29, 1.82) is 0 Å². The standard InChI is InChI=1S/C26H26N4O8/c1-3-36-26(35)38-37-25(34)16(2)14-28-24(33)21-27-15-19(23(32)30-21)22(31)29-20(17-10-6-4-7-11-17)18-12-8-5-9-13-18/h4-13,15-16,20H,3,14H2,1-2H3,(H,28,33)(H,29,31)(H,27,30,32). The fourth-order valence-electron chi connectivity index (χ4n) is 3.24. The van der Waals surface area contributed by atoms with E-state index < -0.39 is 41.5 Å². The molecule has 0 radical (unpaired) electrons. The van der Waals surface area contributed by atoms with Crippen molar-refractivity contribution in [1.82, 2.24) is 20.6 Å². The predicted octanol–water partition coefficient (Wildman–Crippen LogP) is 2.29. The molecule has 3 N–H and O–H groups in total. The highest BCUT2D eigenvalue weighted by Gasteiger charge is 2.23. The van der Waals surface area contributed by atoms with E-state index in [1.807, 2.05) is 60.7 Å². The number of hydrogen-bond acceptors (Lipinski definition) is 9. The maximum atomic E-state index is 13.0. The second-order valence-electron chi connectivity index (χ2n) is 7.98. The molecule has 0 fully saturated rings. The fourth-order valence-corrected chi connectivity index (χ4v) is 3.24. The van der Waals surface area contributed by atoms with Crippen LogP contribution in [0.2, 0.25) is 0 Å². The van der Waals surface area contributed by atoms with Crippen LogP contribution in [0.5, 0.6) is 0 Å². The van der Waals surface area contributed by atoms with Crippen molar-refractivity contribution in [3.05, 3.63) is 99.7 Å². The molecular formula is C26H26N4O8. The maximum absolute atomic E-state index is 13.0. The summed E-state index contributed by atoms with van der Waals surface area (Å²) in [6, 6.07) is 18.0. The van der Waals surface area contributed by atoms with Crippen LogP contribution >= 0.6 is 0 Å². The number of hydrogen-bond donors (Lipinski definition) is 3. The summed E-state index contributed by atoms with van der Waals surface area (Å²) in [6.07, 6.45) is -0.178. The molecule has 38 heavy (non-hydrogen) atoms. The Balaban J connectivity index is 1.63. The van der Waals surface area contributed by atoms with Crippen molar-refractivity contribution < 1.29 is 33.7 Å². The summed E-state index contributed by atoms with van der Waals surface area (Å²) in [5.41, 5.74) is 0.518. The lowest BCUT2D eigenvalue weighted by Crippen LogP contribution is -2.37. The van der Waals surface area contributed by atoms with Crippen LogP contribution in [-0.2, 0) is 19.3 Å². The largest absolute Gasteiger partial charge is 0.549 e. The van der Waals surface area contributed by atoms with Gasteiger partial charge in [0, 0.05) is 12.7 Å². The number of nitrogens with zero attached hydrogens (tertiary/aromatic N) is 1. The summed E-state index contributed by atoms with van der Waals surface area (Å²) in [7, 11) is 0. The van der Waals surface area contributed by atoms with Crippen LogP contribution in [0.25, 0.3) is 0 Å². The Bertz CT molecular complexity index is 1290. The van der Waals surface area contributed by atoms with E-state index in [4.69, 9.17) is 0 Å². The molecular weight excluding hydrogens is 496 g/mol. The minimum absolute atomic E-state index is 0.0360. The van der Waals surface area contributed by atoms with Gasteiger partial charge in [0.15, 0.2) is 5.82 Å². The quantitative estimate of drug-likeness (QED) is 0.217. The van der Waals surface area contributed by atoms with Crippen LogP contribution in [0.4, 0.5) is 4.79 Å². The zero-order valence-corrected chi connectivity index (χ0v) is 20.6. The first kappa shape index (κ1) is 27.6. The summed E-state index contributed by atoms with van der Waals surface area (Å²) in [5, 5.41) is 5.24. The molecule has 0 aliphatic heterocycles. The Morgan fingerprint density at radius 3 is 2.08 bits per heavy atom. The minimum atomic E-state index is -1.18. The summed E-state index contributed by atoms with van der Waals surface area (Å²) in [4.78, 5) is 75.6. The van der Waals surface area contributed by atoms with Gasteiger partial charge in [0.1, 0.15) is 5.56 Å². The lowest BCUT2D eigenvalue weighted by molar-refractivity contribution is -0.246. The number of carbonyl (C=O) groups excluding carboxylic acids is 4. The minimum Gasteiger partial charge on any atom is -0.432 e. The van der Waals surface area contributed by atoms with Crippen LogP contribution in [0.15, 0.2) is 71.7 Å². The van der Waals surface area contributed by atoms with Crippen molar-refractivity contribution >= 4 is 23.9 Å². The third kappa shape index (κ3) is 7.50. The average Bonchev–Trinajstić information content (AvgIpc) is 2.94. The number of rotatable bonds is 9.